The summed E-state index contributed by atoms with van der Waals surface area (Å²) in [4.78, 5) is 14.3. The Balaban J connectivity index is 1.50. The van der Waals surface area contributed by atoms with Crippen molar-refractivity contribution in [2.45, 2.75) is 19.8 Å². The maximum Gasteiger partial charge on any atom is 0.277 e. The molecule has 0 bridgehead atoms. The van der Waals surface area contributed by atoms with E-state index in [0.717, 1.165) is 18.7 Å². The first-order chi connectivity index (χ1) is 13.0. The van der Waals surface area contributed by atoms with Gasteiger partial charge >= 0.3 is 0 Å². The smallest absolute Gasteiger partial charge is 0.277 e. The molecule has 5 nitrogen and oxygen atoms in total. The third-order valence-electron chi connectivity index (χ3n) is 4.32. The van der Waals surface area contributed by atoms with Crippen LogP contribution in [0.15, 0.2) is 41.5 Å². The number of rotatable bonds is 6. The van der Waals surface area contributed by atoms with Gasteiger partial charge < -0.3 is 9.64 Å². The van der Waals surface area contributed by atoms with Crippen LogP contribution < -0.4 is 15.1 Å². The zero-order valence-electron chi connectivity index (χ0n) is 15.0. The number of hydrogen-bond donors (Lipinski definition) is 1. The molecule has 1 saturated heterocycles. The average Bonchev–Trinajstić information content (AvgIpc) is 3.15. The molecule has 27 heavy (non-hydrogen) atoms. The monoisotopic (exact) mass is 405 g/mol. The second-order valence-electron chi connectivity index (χ2n) is 6.40. The largest absolute Gasteiger partial charge is 0.482 e. The lowest BCUT2D eigenvalue weighted by atomic mass is 10.1. The summed E-state index contributed by atoms with van der Waals surface area (Å²) in [6.45, 7) is 4.13. The second kappa shape index (κ2) is 9.11. The molecule has 0 unspecified atom stereocenters. The third kappa shape index (κ3) is 5.37. The molecule has 0 aromatic heterocycles. The van der Waals surface area contributed by atoms with Gasteiger partial charge in [0.1, 0.15) is 5.75 Å². The number of halogens is 2. The minimum Gasteiger partial charge on any atom is -0.482 e. The average molecular weight is 406 g/mol. The molecule has 1 N–H and O–H groups in total. The van der Waals surface area contributed by atoms with Crippen LogP contribution in [0.4, 0.5) is 5.69 Å². The first kappa shape index (κ1) is 19.5. The van der Waals surface area contributed by atoms with E-state index in [9.17, 15) is 4.79 Å². The molecule has 0 aliphatic carbocycles. The van der Waals surface area contributed by atoms with E-state index in [4.69, 9.17) is 27.9 Å². The third-order valence-corrected chi connectivity index (χ3v) is 4.85. The van der Waals surface area contributed by atoms with Gasteiger partial charge in [0.2, 0.25) is 0 Å². The Labute approximate surface area is 168 Å². The number of nitrogens with zero attached hydrogens (tertiary/aromatic N) is 2. The van der Waals surface area contributed by atoms with Crippen molar-refractivity contribution in [1.29, 1.82) is 0 Å². The molecule has 1 aliphatic heterocycles. The molecule has 0 saturated carbocycles. The second-order valence-corrected chi connectivity index (χ2v) is 7.24. The number of nitrogens with one attached hydrogen (secondary N) is 1. The number of benzene rings is 2. The fraction of sp³-hybridized carbons (Fsp3) is 0.300. The number of amides is 1. The van der Waals surface area contributed by atoms with Gasteiger partial charge in [-0.15, -0.1) is 0 Å². The van der Waals surface area contributed by atoms with Crippen molar-refractivity contribution in [3.63, 3.8) is 0 Å². The fourth-order valence-corrected chi connectivity index (χ4v) is 3.48. The van der Waals surface area contributed by atoms with Crippen LogP contribution in [-0.2, 0) is 4.79 Å². The zero-order valence-corrected chi connectivity index (χ0v) is 16.6. The molecule has 1 heterocycles. The Kier molecular flexibility index (Phi) is 6.58. The Morgan fingerprint density at radius 3 is 2.70 bits per heavy atom. The van der Waals surface area contributed by atoms with Gasteiger partial charge in [-0.1, -0.05) is 29.3 Å². The molecule has 7 heteroatoms. The van der Waals surface area contributed by atoms with Gasteiger partial charge in [-0.05, 0) is 61.2 Å². The number of ether oxygens (including phenoxy) is 1. The number of anilines is 1. The SMILES string of the molecule is Cc1cc(/C=N\NC(=O)COc2ccc(Cl)cc2Cl)ccc1N1CCCC1. The maximum absolute atomic E-state index is 11.9. The van der Waals surface area contributed by atoms with Crippen LogP contribution in [-0.4, -0.2) is 31.8 Å². The number of carbonyl (C=O) groups excluding carboxylic acids is 1. The van der Waals surface area contributed by atoms with Crippen LogP contribution in [0.5, 0.6) is 5.75 Å². The quantitative estimate of drug-likeness (QED) is 0.571. The van der Waals surface area contributed by atoms with Crippen molar-refractivity contribution in [3.05, 3.63) is 57.6 Å². The molecule has 142 valence electrons. The lowest BCUT2D eigenvalue weighted by molar-refractivity contribution is -0.123. The Hall–Kier alpha value is -2.24. The number of carbonyl (C=O) groups is 1. The van der Waals surface area contributed by atoms with Gasteiger partial charge in [0, 0.05) is 23.8 Å². The molecule has 1 fully saturated rings. The van der Waals surface area contributed by atoms with Crippen LogP contribution in [0.1, 0.15) is 24.0 Å². The van der Waals surface area contributed by atoms with Crippen molar-refractivity contribution in [3.8, 4) is 5.75 Å². The number of hydrogen-bond acceptors (Lipinski definition) is 4. The van der Waals surface area contributed by atoms with E-state index in [1.807, 2.05) is 6.07 Å². The van der Waals surface area contributed by atoms with Crippen LogP contribution in [0, 0.1) is 6.92 Å². The lowest BCUT2D eigenvalue weighted by Gasteiger charge is -2.20. The van der Waals surface area contributed by atoms with Crippen molar-refractivity contribution in [2.75, 3.05) is 24.6 Å². The van der Waals surface area contributed by atoms with E-state index in [1.165, 1.54) is 24.1 Å². The molecule has 1 amide bonds. The van der Waals surface area contributed by atoms with E-state index in [2.05, 4.69) is 34.5 Å². The first-order valence-electron chi connectivity index (χ1n) is 8.78. The number of aryl methyl sites for hydroxylation is 1. The molecule has 1 aliphatic rings. The summed E-state index contributed by atoms with van der Waals surface area (Å²) in [5.41, 5.74) is 5.84. The maximum atomic E-state index is 11.9. The summed E-state index contributed by atoms with van der Waals surface area (Å²) >= 11 is 11.8. The topological polar surface area (TPSA) is 53.9 Å². The summed E-state index contributed by atoms with van der Waals surface area (Å²) < 4.78 is 5.37. The van der Waals surface area contributed by atoms with Crippen molar-refractivity contribution >= 4 is 41.0 Å². The van der Waals surface area contributed by atoms with E-state index in [-0.39, 0.29) is 12.5 Å². The van der Waals surface area contributed by atoms with Crippen LogP contribution in [0.2, 0.25) is 10.0 Å². The summed E-state index contributed by atoms with van der Waals surface area (Å²) in [6.07, 6.45) is 4.11. The minimum atomic E-state index is -0.373. The standard InChI is InChI=1S/C20H21Cl2N3O2/c1-14-10-15(4-6-18(14)25-8-2-3-9-25)12-23-24-20(26)13-27-19-7-5-16(21)11-17(19)22/h4-7,10-12H,2-3,8-9,13H2,1H3,(H,24,26)/b23-12-. The van der Waals surface area contributed by atoms with E-state index in [1.54, 1.807) is 24.4 Å². The van der Waals surface area contributed by atoms with Crippen molar-refractivity contribution in [2.24, 2.45) is 5.10 Å². The molecule has 2 aromatic rings. The molecular formula is C20H21Cl2N3O2. The van der Waals surface area contributed by atoms with Gasteiger partial charge in [-0.3, -0.25) is 4.79 Å². The Morgan fingerprint density at radius 1 is 1.22 bits per heavy atom. The zero-order chi connectivity index (χ0) is 19.2. The molecule has 2 aromatic carbocycles. The summed E-state index contributed by atoms with van der Waals surface area (Å²) in [7, 11) is 0. The predicted octanol–water partition coefficient (Wildman–Crippen LogP) is 4.43. The molecule has 0 radical (unpaired) electrons. The summed E-state index contributed by atoms with van der Waals surface area (Å²) in [6, 6.07) is 11.0. The van der Waals surface area contributed by atoms with Crippen molar-refractivity contribution in [1.82, 2.24) is 5.43 Å². The normalized spacial score (nSPS) is 14.0. The van der Waals surface area contributed by atoms with Crippen molar-refractivity contribution < 1.29 is 9.53 Å². The first-order valence-corrected chi connectivity index (χ1v) is 9.54. The molecular weight excluding hydrogens is 385 g/mol. The molecule has 0 spiro atoms. The number of hydrazone groups is 1. The Morgan fingerprint density at radius 2 is 2.00 bits per heavy atom. The summed E-state index contributed by atoms with van der Waals surface area (Å²) in [5, 5.41) is 4.85. The fourth-order valence-electron chi connectivity index (χ4n) is 3.02. The highest BCUT2D eigenvalue weighted by Crippen LogP contribution is 2.27. The van der Waals surface area contributed by atoms with Crippen LogP contribution in [0.3, 0.4) is 0 Å². The van der Waals surface area contributed by atoms with Crippen LogP contribution in [0.25, 0.3) is 0 Å². The van der Waals surface area contributed by atoms with E-state index < -0.39 is 0 Å². The Bertz CT molecular complexity index is 849. The van der Waals surface area contributed by atoms with E-state index in [0.29, 0.717) is 15.8 Å². The van der Waals surface area contributed by atoms with Crippen LogP contribution >= 0.6 is 23.2 Å². The highest BCUT2D eigenvalue weighted by Gasteiger charge is 2.14. The highest BCUT2D eigenvalue weighted by atomic mass is 35.5. The predicted molar refractivity (Wildman–Crippen MR) is 110 cm³/mol. The highest BCUT2D eigenvalue weighted by molar-refractivity contribution is 6.35. The summed E-state index contributed by atoms with van der Waals surface area (Å²) in [5.74, 6) is 0.0241. The van der Waals surface area contributed by atoms with Gasteiger partial charge in [-0.25, -0.2) is 5.43 Å². The molecule has 0 atom stereocenters. The van der Waals surface area contributed by atoms with E-state index >= 15 is 0 Å². The van der Waals surface area contributed by atoms with Gasteiger partial charge in [0.15, 0.2) is 6.61 Å². The minimum absolute atomic E-state index is 0.189. The van der Waals surface area contributed by atoms with Gasteiger partial charge in [0.25, 0.3) is 5.91 Å². The van der Waals surface area contributed by atoms with Gasteiger partial charge in [0.05, 0.1) is 11.2 Å². The molecule has 3 rings (SSSR count). The van der Waals surface area contributed by atoms with Gasteiger partial charge in [-0.2, -0.15) is 5.10 Å². The lowest BCUT2D eigenvalue weighted by Crippen LogP contribution is -2.24.